The number of alkyl halides is 1. The second kappa shape index (κ2) is 7.03. The molecule has 0 radical (unpaired) electrons. The quantitative estimate of drug-likeness (QED) is 0.680. The van der Waals surface area contributed by atoms with Gasteiger partial charge >= 0.3 is 5.97 Å². The summed E-state index contributed by atoms with van der Waals surface area (Å²) >= 11 is 0. The topological polar surface area (TPSA) is 72.3 Å². The van der Waals surface area contributed by atoms with Crippen molar-refractivity contribution in [1.82, 2.24) is 6.15 Å². The summed E-state index contributed by atoms with van der Waals surface area (Å²) in [6.45, 7) is 3.63. The second-order valence-electron chi connectivity index (χ2n) is 2.86. The lowest BCUT2D eigenvalue weighted by Crippen LogP contribution is -2.22. The Hall–Kier alpha value is -0.640. The third kappa shape index (κ3) is 5.07. The maximum atomic E-state index is 12.6. The number of unbranched alkanes of at least 4 members (excludes halogenated alkanes) is 1. The van der Waals surface area contributed by atoms with Crippen molar-refractivity contribution in [3.63, 3.8) is 0 Å². The number of rotatable bonds is 5. The number of aliphatic carboxylic acids is 1. The van der Waals surface area contributed by atoms with Gasteiger partial charge in [0.15, 0.2) is 6.17 Å². The summed E-state index contributed by atoms with van der Waals surface area (Å²) in [7, 11) is 0. The monoisotopic (exact) mass is 179 g/mol. The van der Waals surface area contributed by atoms with Gasteiger partial charge in [-0.1, -0.05) is 26.7 Å². The van der Waals surface area contributed by atoms with E-state index in [-0.39, 0.29) is 12.1 Å². The molecule has 0 amide bonds. The molecule has 2 unspecified atom stereocenters. The van der Waals surface area contributed by atoms with E-state index in [9.17, 15) is 9.18 Å². The van der Waals surface area contributed by atoms with Gasteiger partial charge in [0.05, 0.1) is 0 Å². The highest BCUT2D eigenvalue weighted by Gasteiger charge is 2.22. The van der Waals surface area contributed by atoms with E-state index in [1.54, 1.807) is 6.92 Å². The van der Waals surface area contributed by atoms with Crippen LogP contribution in [0.5, 0.6) is 0 Å². The molecule has 0 bridgehead atoms. The molecule has 0 aliphatic heterocycles. The van der Waals surface area contributed by atoms with Gasteiger partial charge in [-0.05, 0) is 12.3 Å². The summed E-state index contributed by atoms with van der Waals surface area (Å²) in [5.41, 5.74) is 0. The highest BCUT2D eigenvalue weighted by atomic mass is 19.1. The van der Waals surface area contributed by atoms with E-state index in [1.165, 1.54) is 0 Å². The molecule has 0 saturated carbocycles. The van der Waals surface area contributed by atoms with E-state index >= 15 is 0 Å². The van der Waals surface area contributed by atoms with Crippen molar-refractivity contribution in [3.05, 3.63) is 0 Å². The molecule has 0 heterocycles. The van der Waals surface area contributed by atoms with Gasteiger partial charge in [0, 0.05) is 0 Å². The van der Waals surface area contributed by atoms with Gasteiger partial charge in [0.1, 0.15) is 0 Å². The fourth-order valence-corrected chi connectivity index (χ4v) is 0.916. The zero-order chi connectivity index (χ0) is 8.85. The smallest absolute Gasteiger partial charge is 0.338 e. The lowest BCUT2D eigenvalue weighted by atomic mass is 9.99. The van der Waals surface area contributed by atoms with E-state index in [2.05, 4.69) is 0 Å². The minimum Gasteiger partial charge on any atom is -0.479 e. The van der Waals surface area contributed by atoms with Crippen LogP contribution < -0.4 is 6.15 Å². The van der Waals surface area contributed by atoms with Gasteiger partial charge in [-0.25, -0.2) is 9.18 Å². The minimum atomic E-state index is -1.69. The van der Waals surface area contributed by atoms with E-state index < -0.39 is 12.1 Å². The molecule has 74 valence electrons. The highest BCUT2D eigenvalue weighted by molar-refractivity contribution is 5.72. The Bertz CT molecular complexity index is 130. The van der Waals surface area contributed by atoms with Crippen LogP contribution in [0.2, 0.25) is 0 Å². The predicted molar refractivity (Wildman–Crippen MR) is 46.2 cm³/mol. The van der Waals surface area contributed by atoms with Crippen LogP contribution >= 0.6 is 0 Å². The summed E-state index contributed by atoms with van der Waals surface area (Å²) in [6, 6.07) is 0. The molecule has 0 aliphatic rings. The lowest BCUT2D eigenvalue weighted by Gasteiger charge is -2.11. The maximum absolute atomic E-state index is 12.6. The van der Waals surface area contributed by atoms with Gasteiger partial charge in [0.25, 0.3) is 0 Å². The average molecular weight is 179 g/mol. The minimum absolute atomic E-state index is 0. The SMILES string of the molecule is CCCCC(C)C(F)C(=O)O.N. The molecule has 3 nitrogen and oxygen atoms in total. The molecule has 0 rings (SSSR count). The van der Waals surface area contributed by atoms with Crippen LogP contribution in [0.25, 0.3) is 0 Å². The first-order valence-corrected chi connectivity index (χ1v) is 3.96. The standard InChI is InChI=1S/C8H15FO2.H3N/c1-3-4-5-6(2)7(9)8(10)11;/h6-7H,3-5H2,1-2H3,(H,10,11);1H3. The number of hydrogen-bond acceptors (Lipinski definition) is 2. The Morgan fingerprint density at radius 3 is 2.42 bits per heavy atom. The lowest BCUT2D eigenvalue weighted by molar-refractivity contribution is -0.144. The fraction of sp³-hybridized carbons (Fsp3) is 0.875. The first-order valence-electron chi connectivity index (χ1n) is 3.96. The van der Waals surface area contributed by atoms with Crippen molar-refractivity contribution in [1.29, 1.82) is 0 Å². The maximum Gasteiger partial charge on any atom is 0.338 e. The summed E-state index contributed by atoms with van der Waals surface area (Å²) in [5, 5.41) is 8.28. The molecule has 0 aromatic carbocycles. The third-order valence-corrected chi connectivity index (χ3v) is 1.75. The Morgan fingerprint density at radius 1 is 1.58 bits per heavy atom. The van der Waals surface area contributed by atoms with Crippen molar-refractivity contribution in [2.45, 2.75) is 39.3 Å². The van der Waals surface area contributed by atoms with Gasteiger partial charge in [0.2, 0.25) is 0 Å². The normalized spacial score (nSPS) is 14.6. The van der Waals surface area contributed by atoms with Crippen molar-refractivity contribution in [3.8, 4) is 0 Å². The molecule has 0 fully saturated rings. The van der Waals surface area contributed by atoms with Crippen LogP contribution in [0.1, 0.15) is 33.1 Å². The van der Waals surface area contributed by atoms with Crippen molar-refractivity contribution in [2.24, 2.45) is 5.92 Å². The predicted octanol–water partition coefficient (Wildman–Crippen LogP) is 2.40. The Balaban J connectivity index is 0. The summed E-state index contributed by atoms with van der Waals surface area (Å²) in [5.74, 6) is -1.69. The van der Waals surface area contributed by atoms with Crippen molar-refractivity contribution < 1.29 is 14.3 Å². The van der Waals surface area contributed by atoms with E-state index in [4.69, 9.17) is 5.11 Å². The van der Waals surface area contributed by atoms with Gasteiger partial charge in [-0.2, -0.15) is 0 Å². The van der Waals surface area contributed by atoms with Crippen LogP contribution in [-0.2, 0) is 4.79 Å². The first-order chi connectivity index (χ1) is 5.09. The van der Waals surface area contributed by atoms with Crippen molar-refractivity contribution in [2.75, 3.05) is 0 Å². The molecule has 0 aliphatic carbocycles. The number of carbonyl (C=O) groups is 1. The fourth-order valence-electron chi connectivity index (χ4n) is 0.916. The number of carboxylic acid groups (broad SMARTS) is 1. The number of halogens is 1. The van der Waals surface area contributed by atoms with Gasteiger partial charge in [-0.3, -0.25) is 0 Å². The summed E-state index contributed by atoms with van der Waals surface area (Å²) < 4.78 is 12.6. The zero-order valence-corrected chi connectivity index (χ0v) is 7.72. The van der Waals surface area contributed by atoms with Crippen LogP contribution in [0.3, 0.4) is 0 Å². The van der Waals surface area contributed by atoms with Crippen LogP contribution in [0, 0.1) is 5.92 Å². The molecule has 0 aromatic heterocycles. The van der Waals surface area contributed by atoms with Crippen LogP contribution in [0.4, 0.5) is 4.39 Å². The Labute approximate surface area is 72.6 Å². The second-order valence-corrected chi connectivity index (χ2v) is 2.86. The first kappa shape index (κ1) is 13.9. The molecule has 2 atom stereocenters. The molecule has 12 heavy (non-hydrogen) atoms. The average Bonchev–Trinajstić information content (AvgIpc) is 1.98. The largest absolute Gasteiger partial charge is 0.479 e. The zero-order valence-electron chi connectivity index (χ0n) is 7.72. The Morgan fingerprint density at radius 2 is 2.08 bits per heavy atom. The van der Waals surface area contributed by atoms with E-state index in [0.29, 0.717) is 6.42 Å². The molecule has 0 saturated heterocycles. The Kier molecular flexibility index (Phi) is 8.16. The van der Waals surface area contributed by atoms with Crippen LogP contribution in [-0.4, -0.2) is 17.2 Å². The molecular formula is C8H18FNO2. The van der Waals surface area contributed by atoms with E-state index in [1.807, 2.05) is 6.92 Å². The molecular weight excluding hydrogens is 161 g/mol. The summed E-state index contributed by atoms with van der Waals surface area (Å²) in [4.78, 5) is 10.1. The van der Waals surface area contributed by atoms with Gasteiger partial charge in [-0.15, -0.1) is 0 Å². The summed E-state index contributed by atoms with van der Waals surface area (Å²) in [6.07, 6.45) is 0.844. The molecule has 0 aromatic rings. The molecule has 4 N–H and O–H groups in total. The van der Waals surface area contributed by atoms with Gasteiger partial charge < -0.3 is 11.3 Å². The molecule has 0 spiro atoms. The van der Waals surface area contributed by atoms with Crippen molar-refractivity contribution >= 4 is 5.97 Å². The third-order valence-electron chi connectivity index (χ3n) is 1.75. The van der Waals surface area contributed by atoms with E-state index in [0.717, 1.165) is 12.8 Å². The number of carboxylic acids is 1. The van der Waals surface area contributed by atoms with Crippen LogP contribution in [0.15, 0.2) is 0 Å². The highest BCUT2D eigenvalue weighted by Crippen LogP contribution is 2.14. The number of hydrogen-bond donors (Lipinski definition) is 2. The molecule has 4 heteroatoms.